The number of nitrogens with one attached hydrogen (secondary N) is 1. The average Bonchev–Trinajstić information content (AvgIpc) is 3.45. The van der Waals surface area contributed by atoms with Crippen molar-refractivity contribution >= 4 is 35.9 Å². The second-order valence-corrected chi connectivity index (χ2v) is 8.24. The van der Waals surface area contributed by atoms with Crippen LogP contribution in [-0.2, 0) is 5.75 Å². The number of hydrogen-bond acceptors (Lipinski definition) is 6. The van der Waals surface area contributed by atoms with Gasteiger partial charge in [-0.3, -0.25) is 4.79 Å². The zero-order chi connectivity index (χ0) is 19.7. The number of halogens is 1. The molecule has 1 saturated carbocycles. The summed E-state index contributed by atoms with van der Waals surface area (Å²) in [5.41, 5.74) is 9.63. The van der Waals surface area contributed by atoms with Gasteiger partial charge in [0.25, 0.3) is 11.7 Å². The molecule has 1 aliphatic rings. The fraction of sp³-hybridized carbons (Fsp3) is 0.400. The first-order valence-corrected chi connectivity index (χ1v) is 10.5. The van der Waals surface area contributed by atoms with E-state index >= 15 is 0 Å². The van der Waals surface area contributed by atoms with E-state index in [2.05, 4.69) is 20.4 Å². The predicted octanol–water partition coefficient (Wildman–Crippen LogP) is 2.92. The van der Waals surface area contributed by atoms with Crippen molar-refractivity contribution < 1.29 is 4.79 Å². The van der Waals surface area contributed by atoms with Crippen LogP contribution in [-0.4, -0.2) is 38.1 Å². The van der Waals surface area contributed by atoms with Crippen LogP contribution >= 0.6 is 24.2 Å². The highest BCUT2D eigenvalue weighted by Crippen LogP contribution is 2.31. The molecule has 2 aromatic heterocycles. The van der Waals surface area contributed by atoms with E-state index in [0.717, 1.165) is 17.0 Å². The van der Waals surface area contributed by atoms with Crippen molar-refractivity contribution in [2.45, 2.75) is 43.6 Å². The van der Waals surface area contributed by atoms with Crippen LogP contribution in [0.15, 0.2) is 35.5 Å². The summed E-state index contributed by atoms with van der Waals surface area (Å²) in [6.07, 6.45) is 2.34. The third-order valence-electron chi connectivity index (χ3n) is 4.94. The van der Waals surface area contributed by atoms with Gasteiger partial charge in [0.05, 0.1) is 0 Å². The fourth-order valence-electron chi connectivity index (χ4n) is 3.22. The molecule has 1 unspecified atom stereocenters. The van der Waals surface area contributed by atoms with Crippen molar-refractivity contribution in [1.29, 1.82) is 0 Å². The van der Waals surface area contributed by atoms with Gasteiger partial charge in [-0.25, -0.2) is 9.50 Å². The number of amides is 1. The van der Waals surface area contributed by atoms with E-state index in [0.29, 0.717) is 34.7 Å². The van der Waals surface area contributed by atoms with E-state index in [-0.39, 0.29) is 24.4 Å². The lowest BCUT2D eigenvalue weighted by Gasteiger charge is -2.13. The first-order valence-electron chi connectivity index (χ1n) is 9.47. The van der Waals surface area contributed by atoms with Gasteiger partial charge in [-0.15, -0.1) is 17.5 Å². The summed E-state index contributed by atoms with van der Waals surface area (Å²) in [4.78, 5) is 21.5. The molecule has 3 N–H and O–H groups in total. The van der Waals surface area contributed by atoms with Crippen molar-refractivity contribution in [2.24, 2.45) is 11.7 Å². The quantitative estimate of drug-likeness (QED) is 0.557. The third-order valence-corrected chi connectivity index (χ3v) is 5.83. The van der Waals surface area contributed by atoms with Gasteiger partial charge in [-0.05, 0) is 50.3 Å². The zero-order valence-electron chi connectivity index (χ0n) is 16.5. The number of aryl methyl sites for hydroxylation is 2. The number of thioether (sulfide) groups is 1. The van der Waals surface area contributed by atoms with E-state index in [4.69, 9.17) is 5.73 Å². The zero-order valence-corrected chi connectivity index (χ0v) is 18.1. The van der Waals surface area contributed by atoms with Gasteiger partial charge >= 0.3 is 0 Å². The van der Waals surface area contributed by atoms with Crippen LogP contribution in [0.5, 0.6) is 0 Å². The summed E-state index contributed by atoms with van der Waals surface area (Å²) in [5, 5.41) is 8.14. The second-order valence-electron chi connectivity index (χ2n) is 7.30. The third kappa shape index (κ3) is 5.07. The van der Waals surface area contributed by atoms with E-state index in [1.807, 2.05) is 44.2 Å². The van der Waals surface area contributed by atoms with E-state index in [1.165, 1.54) is 24.6 Å². The predicted molar refractivity (Wildman–Crippen MR) is 117 cm³/mol. The largest absolute Gasteiger partial charge is 0.350 e. The Labute approximate surface area is 180 Å². The van der Waals surface area contributed by atoms with Crippen LogP contribution in [0.4, 0.5) is 0 Å². The van der Waals surface area contributed by atoms with Crippen LogP contribution in [0.3, 0.4) is 0 Å². The summed E-state index contributed by atoms with van der Waals surface area (Å²) < 4.78 is 1.74. The minimum Gasteiger partial charge on any atom is -0.350 e. The van der Waals surface area contributed by atoms with Crippen molar-refractivity contribution in [3.63, 3.8) is 0 Å². The summed E-state index contributed by atoms with van der Waals surface area (Å²) >= 11 is 1.50. The number of carbonyl (C=O) groups is 1. The maximum Gasteiger partial charge on any atom is 0.253 e. The molecular weight excluding hydrogens is 408 g/mol. The average molecular weight is 433 g/mol. The van der Waals surface area contributed by atoms with Gasteiger partial charge in [0.2, 0.25) is 5.16 Å². The van der Waals surface area contributed by atoms with Gasteiger partial charge in [-0.2, -0.15) is 4.98 Å². The summed E-state index contributed by atoms with van der Waals surface area (Å²) in [7, 11) is 0. The Bertz CT molecular complexity index is 1020. The van der Waals surface area contributed by atoms with Crippen molar-refractivity contribution in [1.82, 2.24) is 24.9 Å². The molecule has 0 aliphatic heterocycles. The van der Waals surface area contributed by atoms with E-state index < -0.39 is 0 Å². The molecule has 7 nitrogen and oxygen atoms in total. The molecule has 3 aromatic rings. The van der Waals surface area contributed by atoms with Crippen LogP contribution < -0.4 is 11.1 Å². The molecule has 1 atom stereocenters. The monoisotopic (exact) mass is 432 g/mol. The Kier molecular flexibility index (Phi) is 6.77. The Balaban J connectivity index is 0.00000240. The molecule has 2 heterocycles. The molecule has 4 rings (SSSR count). The lowest BCUT2D eigenvalue weighted by molar-refractivity contribution is 0.0949. The van der Waals surface area contributed by atoms with Gasteiger partial charge in [0.1, 0.15) is 0 Å². The molecule has 9 heteroatoms. The van der Waals surface area contributed by atoms with Crippen LogP contribution in [0, 0.1) is 19.8 Å². The highest BCUT2D eigenvalue weighted by Gasteiger charge is 2.28. The molecule has 1 amide bonds. The van der Waals surface area contributed by atoms with Gasteiger partial charge in [-0.1, -0.05) is 30.0 Å². The van der Waals surface area contributed by atoms with E-state index in [9.17, 15) is 4.79 Å². The maximum atomic E-state index is 12.6. The lowest BCUT2D eigenvalue weighted by atomic mass is 10.1. The van der Waals surface area contributed by atoms with Crippen LogP contribution in [0.2, 0.25) is 0 Å². The van der Waals surface area contributed by atoms with Gasteiger partial charge < -0.3 is 11.1 Å². The SMILES string of the molecule is Cc1cc(C)n2nc(SCc3ccccc3C(=O)NCC(N)C3CC3)nc2n1.Cl. The highest BCUT2D eigenvalue weighted by molar-refractivity contribution is 7.98. The van der Waals surface area contributed by atoms with Crippen molar-refractivity contribution in [3.05, 3.63) is 52.8 Å². The molecule has 1 fully saturated rings. The number of hydrogen-bond donors (Lipinski definition) is 2. The molecule has 0 saturated heterocycles. The Morgan fingerprint density at radius 2 is 2.07 bits per heavy atom. The molecule has 0 radical (unpaired) electrons. The molecular formula is C20H25ClN6OS. The standard InChI is InChI=1S/C20H24N6OS.ClH/c1-12-9-13(2)26-19(23-12)24-20(25-26)28-11-15-5-3-4-6-16(15)18(27)22-10-17(21)14-7-8-14;/h3-6,9,14,17H,7-8,10-11,21H2,1-2H3,(H,22,27);1H. The molecule has 0 spiro atoms. The van der Waals surface area contributed by atoms with E-state index in [1.54, 1.807) is 4.52 Å². The van der Waals surface area contributed by atoms with Crippen LogP contribution in [0.1, 0.15) is 40.2 Å². The molecule has 1 aliphatic carbocycles. The van der Waals surface area contributed by atoms with Crippen molar-refractivity contribution in [2.75, 3.05) is 6.54 Å². The number of nitrogens with two attached hydrogens (primary N) is 1. The van der Waals surface area contributed by atoms with Crippen molar-refractivity contribution in [3.8, 4) is 0 Å². The number of benzene rings is 1. The van der Waals surface area contributed by atoms with Gasteiger partial charge in [0.15, 0.2) is 0 Å². The number of aromatic nitrogens is 4. The Hall–Kier alpha value is -2.16. The molecule has 0 bridgehead atoms. The van der Waals surface area contributed by atoms with Crippen LogP contribution in [0.25, 0.3) is 5.78 Å². The maximum absolute atomic E-state index is 12.6. The number of carbonyl (C=O) groups excluding carboxylic acids is 1. The molecule has 154 valence electrons. The Morgan fingerprint density at radius 1 is 1.31 bits per heavy atom. The molecule has 29 heavy (non-hydrogen) atoms. The topological polar surface area (TPSA) is 98.2 Å². The number of rotatable bonds is 7. The molecule has 1 aromatic carbocycles. The first-order chi connectivity index (χ1) is 13.5. The summed E-state index contributed by atoms with van der Waals surface area (Å²) in [5.74, 6) is 1.68. The lowest BCUT2D eigenvalue weighted by Crippen LogP contribution is -2.38. The minimum absolute atomic E-state index is 0. The number of fused-ring (bicyclic) bond motifs is 1. The first kappa shape index (κ1) is 21.5. The summed E-state index contributed by atoms with van der Waals surface area (Å²) in [6, 6.07) is 9.65. The smallest absolute Gasteiger partial charge is 0.253 e. The fourth-order valence-corrected chi connectivity index (χ4v) is 4.04. The number of nitrogens with zero attached hydrogens (tertiary/aromatic N) is 4. The highest BCUT2D eigenvalue weighted by atomic mass is 35.5. The summed E-state index contributed by atoms with van der Waals surface area (Å²) in [6.45, 7) is 4.44. The Morgan fingerprint density at radius 3 is 2.83 bits per heavy atom. The van der Waals surface area contributed by atoms with Gasteiger partial charge in [0, 0.05) is 35.3 Å². The normalized spacial score (nSPS) is 14.4. The minimum atomic E-state index is -0.0802. The second kappa shape index (κ2) is 9.11.